The summed E-state index contributed by atoms with van der Waals surface area (Å²) >= 11 is 3.07. The summed E-state index contributed by atoms with van der Waals surface area (Å²) in [5.74, 6) is -0.0926. The second-order valence-corrected chi connectivity index (χ2v) is 5.75. The highest BCUT2D eigenvalue weighted by atomic mass is 79.9. The Morgan fingerprint density at radius 2 is 2.17 bits per heavy atom. The van der Waals surface area contributed by atoms with Gasteiger partial charge >= 0.3 is 5.69 Å². The van der Waals surface area contributed by atoms with Crippen molar-refractivity contribution in [3.8, 4) is 11.8 Å². The van der Waals surface area contributed by atoms with Crippen LogP contribution in [0.1, 0.15) is 11.4 Å². The van der Waals surface area contributed by atoms with Crippen molar-refractivity contribution in [3.05, 3.63) is 62.4 Å². The number of nitro benzene ring substituents is 1. The molecule has 3 rings (SSSR count). The average Bonchev–Trinajstić information content (AvgIpc) is 2.99. The van der Waals surface area contributed by atoms with E-state index in [0.717, 1.165) is 5.52 Å². The van der Waals surface area contributed by atoms with E-state index in [9.17, 15) is 20.5 Å². The number of nitrogens with zero attached hydrogens (tertiary/aromatic N) is 3. The van der Waals surface area contributed by atoms with E-state index in [1.807, 2.05) is 30.3 Å². The minimum atomic E-state index is -0.690. The molecule has 1 heterocycles. The van der Waals surface area contributed by atoms with Crippen molar-refractivity contribution in [2.45, 2.75) is 0 Å². The van der Waals surface area contributed by atoms with Crippen LogP contribution in [-0.2, 0) is 0 Å². The van der Waals surface area contributed by atoms with Crippen molar-refractivity contribution in [1.82, 2.24) is 9.97 Å². The molecule has 0 bridgehead atoms. The number of allylic oxidation sites excluding steroid dienone is 1. The smallest absolute Gasteiger partial charge is 0.312 e. The number of aromatic hydroxyl groups is 1. The van der Waals surface area contributed by atoms with Crippen LogP contribution < -0.4 is 0 Å². The summed E-state index contributed by atoms with van der Waals surface area (Å²) in [7, 11) is 0. The van der Waals surface area contributed by atoms with Gasteiger partial charge in [-0.3, -0.25) is 10.1 Å². The van der Waals surface area contributed by atoms with E-state index in [0.29, 0.717) is 16.9 Å². The highest BCUT2D eigenvalue weighted by Crippen LogP contribution is 2.36. The van der Waals surface area contributed by atoms with Gasteiger partial charge in [0.1, 0.15) is 11.9 Å². The summed E-state index contributed by atoms with van der Waals surface area (Å²) < 4.78 is 0.171. The Kier molecular flexibility index (Phi) is 4.02. The number of hydrogen-bond acceptors (Lipinski definition) is 5. The number of phenolic OH excluding ortho intramolecular Hbond substituents is 1. The van der Waals surface area contributed by atoms with Crippen molar-refractivity contribution in [1.29, 1.82) is 5.26 Å². The molecule has 0 spiro atoms. The summed E-state index contributed by atoms with van der Waals surface area (Å²) in [5.41, 5.74) is 1.66. The van der Waals surface area contributed by atoms with E-state index in [1.54, 1.807) is 0 Å². The van der Waals surface area contributed by atoms with Crippen molar-refractivity contribution in [2.24, 2.45) is 0 Å². The predicted molar refractivity (Wildman–Crippen MR) is 92.0 cm³/mol. The number of rotatable bonds is 3. The highest BCUT2D eigenvalue weighted by Gasteiger charge is 2.18. The number of H-pyrrole nitrogens is 1. The fourth-order valence-corrected chi connectivity index (χ4v) is 2.70. The first-order valence-corrected chi connectivity index (χ1v) is 7.52. The molecule has 0 aliphatic heterocycles. The van der Waals surface area contributed by atoms with E-state index in [1.165, 1.54) is 18.2 Å². The summed E-state index contributed by atoms with van der Waals surface area (Å²) in [4.78, 5) is 17.7. The number of fused-ring (bicyclic) bond motifs is 1. The molecule has 0 fully saturated rings. The van der Waals surface area contributed by atoms with Crippen molar-refractivity contribution in [3.63, 3.8) is 0 Å². The third-order valence-electron chi connectivity index (χ3n) is 3.34. The Morgan fingerprint density at radius 1 is 1.42 bits per heavy atom. The Hall–Kier alpha value is -3.18. The molecule has 2 aromatic carbocycles. The van der Waals surface area contributed by atoms with Crippen LogP contribution in [0.25, 0.3) is 22.7 Å². The second kappa shape index (κ2) is 6.14. The van der Waals surface area contributed by atoms with Crippen LogP contribution in [0.15, 0.2) is 40.9 Å². The van der Waals surface area contributed by atoms with Gasteiger partial charge in [-0.05, 0) is 45.8 Å². The molecule has 118 valence electrons. The first-order chi connectivity index (χ1) is 11.5. The SMILES string of the molecule is N#CC(=Cc1cc(Br)c(O)c([N+](=O)[O-])c1)c1nc2ccccc2[nH]1. The van der Waals surface area contributed by atoms with Gasteiger partial charge in [-0.25, -0.2) is 4.98 Å². The number of para-hydroxylation sites is 2. The zero-order chi connectivity index (χ0) is 17.3. The van der Waals surface area contributed by atoms with Gasteiger partial charge in [-0.2, -0.15) is 5.26 Å². The van der Waals surface area contributed by atoms with Gasteiger partial charge in [0.15, 0.2) is 0 Å². The molecular weight excluding hydrogens is 376 g/mol. The normalized spacial score (nSPS) is 11.4. The lowest BCUT2D eigenvalue weighted by Gasteiger charge is -2.02. The first kappa shape index (κ1) is 15.7. The zero-order valence-electron chi connectivity index (χ0n) is 12.0. The molecule has 1 aromatic heterocycles. The fourth-order valence-electron chi connectivity index (χ4n) is 2.23. The molecule has 2 N–H and O–H groups in total. The Bertz CT molecular complexity index is 1000. The van der Waals surface area contributed by atoms with Crippen LogP contribution in [0.2, 0.25) is 0 Å². The largest absolute Gasteiger partial charge is 0.501 e. The molecule has 24 heavy (non-hydrogen) atoms. The predicted octanol–water partition coefficient (Wildman–Crippen LogP) is 4.00. The molecule has 3 aromatic rings. The maximum Gasteiger partial charge on any atom is 0.312 e. The van der Waals surface area contributed by atoms with Crippen molar-refractivity contribution < 1.29 is 10.0 Å². The number of nitriles is 1. The average molecular weight is 385 g/mol. The van der Waals surface area contributed by atoms with Gasteiger partial charge in [-0.15, -0.1) is 0 Å². The van der Waals surface area contributed by atoms with Gasteiger partial charge in [0, 0.05) is 6.07 Å². The van der Waals surface area contributed by atoms with Gasteiger partial charge in [0.25, 0.3) is 0 Å². The van der Waals surface area contributed by atoms with E-state index < -0.39 is 16.4 Å². The van der Waals surface area contributed by atoms with E-state index in [-0.39, 0.29) is 10.0 Å². The maximum absolute atomic E-state index is 11.0. The lowest BCUT2D eigenvalue weighted by molar-refractivity contribution is -0.386. The third-order valence-corrected chi connectivity index (χ3v) is 3.94. The van der Waals surface area contributed by atoms with Gasteiger partial charge in [0.05, 0.1) is 26.0 Å². The van der Waals surface area contributed by atoms with Gasteiger partial charge in [-0.1, -0.05) is 12.1 Å². The molecule has 7 nitrogen and oxygen atoms in total. The monoisotopic (exact) mass is 384 g/mol. The van der Waals surface area contributed by atoms with Crippen LogP contribution >= 0.6 is 15.9 Å². The summed E-state index contributed by atoms with van der Waals surface area (Å²) in [5, 5.41) is 30.1. The van der Waals surface area contributed by atoms with Gasteiger partial charge in [0.2, 0.25) is 5.75 Å². The van der Waals surface area contributed by atoms with E-state index >= 15 is 0 Å². The van der Waals surface area contributed by atoms with Gasteiger partial charge < -0.3 is 10.1 Å². The quantitative estimate of drug-likeness (QED) is 0.402. The Balaban J connectivity index is 2.11. The number of nitrogens with one attached hydrogen (secondary N) is 1. The number of benzene rings is 2. The van der Waals surface area contributed by atoms with Crippen LogP contribution in [-0.4, -0.2) is 20.0 Å². The first-order valence-electron chi connectivity index (χ1n) is 6.73. The minimum Gasteiger partial charge on any atom is -0.501 e. The molecule has 0 aliphatic carbocycles. The number of aromatic amines is 1. The fraction of sp³-hybridized carbons (Fsp3) is 0. The standard InChI is InChI=1S/C16H9BrN4O3/c17-11-6-9(7-14(15(11)22)21(23)24)5-10(8-18)16-19-12-3-1-2-4-13(12)20-16/h1-7,22H,(H,19,20). The molecule has 0 saturated heterocycles. The molecule has 0 aliphatic rings. The van der Waals surface area contributed by atoms with Crippen molar-refractivity contribution in [2.75, 3.05) is 0 Å². The molecule has 0 amide bonds. The maximum atomic E-state index is 11.0. The third kappa shape index (κ3) is 2.85. The zero-order valence-corrected chi connectivity index (χ0v) is 13.6. The number of aromatic nitrogens is 2. The lowest BCUT2D eigenvalue weighted by atomic mass is 10.1. The Morgan fingerprint density at radius 3 is 2.83 bits per heavy atom. The molecule has 0 saturated carbocycles. The second-order valence-electron chi connectivity index (χ2n) is 4.90. The van der Waals surface area contributed by atoms with Crippen LogP contribution in [0.5, 0.6) is 5.75 Å². The minimum absolute atomic E-state index is 0.171. The molecule has 0 unspecified atom stereocenters. The number of nitro groups is 1. The summed E-state index contributed by atoms with van der Waals surface area (Å²) in [6.07, 6.45) is 1.47. The lowest BCUT2D eigenvalue weighted by Crippen LogP contribution is -1.91. The number of imidazole rings is 1. The van der Waals surface area contributed by atoms with Crippen LogP contribution in [0, 0.1) is 21.4 Å². The van der Waals surface area contributed by atoms with Crippen molar-refractivity contribution >= 4 is 44.3 Å². The van der Waals surface area contributed by atoms with Crippen LogP contribution in [0.4, 0.5) is 5.69 Å². The molecule has 0 radical (unpaired) electrons. The molecule has 0 atom stereocenters. The number of hydrogen-bond donors (Lipinski definition) is 2. The summed E-state index contributed by atoms with van der Waals surface area (Å²) in [6, 6.07) is 12.0. The number of halogens is 1. The molecular formula is C16H9BrN4O3. The van der Waals surface area contributed by atoms with E-state index in [4.69, 9.17) is 0 Å². The topological polar surface area (TPSA) is 116 Å². The van der Waals surface area contributed by atoms with Crippen LogP contribution in [0.3, 0.4) is 0 Å². The summed E-state index contributed by atoms with van der Waals surface area (Å²) in [6.45, 7) is 0. The molecule has 8 heteroatoms. The number of phenols is 1. The Labute approximate surface area is 144 Å². The highest BCUT2D eigenvalue weighted by molar-refractivity contribution is 9.10. The van der Waals surface area contributed by atoms with E-state index in [2.05, 4.69) is 25.9 Å².